The second kappa shape index (κ2) is 5.62. The number of ether oxygens (including phenoxy) is 1. The number of aryl methyl sites for hydroxylation is 2. The average Bonchev–Trinajstić information content (AvgIpc) is 2.95. The van der Waals surface area contributed by atoms with Crippen molar-refractivity contribution in [3.8, 4) is 0 Å². The van der Waals surface area contributed by atoms with Crippen LogP contribution in [-0.2, 0) is 27.9 Å². The molecule has 0 aliphatic carbocycles. The number of carboxylic acid groups (broad SMARTS) is 1. The Labute approximate surface area is 116 Å². The van der Waals surface area contributed by atoms with E-state index in [4.69, 9.17) is 9.84 Å². The molecule has 7 nitrogen and oxygen atoms in total. The largest absolute Gasteiger partial charge is 0.479 e. The highest BCUT2D eigenvalue weighted by Gasteiger charge is 2.34. The van der Waals surface area contributed by atoms with Crippen molar-refractivity contribution in [2.45, 2.75) is 45.4 Å². The second-order valence-corrected chi connectivity index (χ2v) is 5.02. The van der Waals surface area contributed by atoms with Gasteiger partial charge < -0.3 is 15.2 Å². The highest BCUT2D eigenvalue weighted by atomic mass is 16.5. The summed E-state index contributed by atoms with van der Waals surface area (Å²) in [6, 6.07) is 0. The summed E-state index contributed by atoms with van der Waals surface area (Å²) in [7, 11) is 1.85. The number of nitrogens with one attached hydrogen (secondary N) is 1. The maximum absolute atomic E-state index is 12.0. The molecule has 0 aromatic carbocycles. The van der Waals surface area contributed by atoms with Gasteiger partial charge in [-0.2, -0.15) is 5.10 Å². The van der Waals surface area contributed by atoms with Crippen molar-refractivity contribution in [1.29, 1.82) is 0 Å². The summed E-state index contributed by atoms with van der Waals surface area (Å²) >= 11 is 0. The van der Waals surface area contributed by atoms with Crippen molar-refractivity contribution < 1.29 is 19.4 Å². The Hall–Kier alpha value is -1.89. The van der Waals surface area contributed by atoms with E-state index in [9.17, 15) is 9.59 Å². The summed E-state index contributed by atoms with van der Waals surface area (Å²) in [6.45, 7) is 4.21. The molecule has 2 unspecified atom stereocenters. The van der Waals surface area contributed by atoms with Gasteiger partial charge in [-0.25, -0.2) is 4.79 Å². The van der Waals surface area contributed by atoms with Crippen molar-refractivity contribution in [2.24, 2.45) is 7.05 Å². The van der Waals surface area contributed by atoms with Crippen LogP contribution in [0.15, 0.2) is 0 Å². The molecule has 7 heteroatoms. The predicted octanol–water partition coefficient (Wildman–Crippen LogP) is 0.285. The van der Waals surface area contributed by atoms with Gasteiger partial charge in [-0.3, -0.25) is 9.48 Å². The molecule has 1 aromatic heterocycles. The lowest BCUT2D eigenvalue weighted by Gasteiger charge is -2.12. The number of hydrogen-bond acceptors (Lipinski definition) is 4. The molecule has 2 atom stereocenters. The molecule has 0 spiro atoms. The molecular formula is C13H19N3O4. The molecule has 1 saturated heterocycles. The number of amides is 1. The minimum Gasteiger partial charge on any atom is -0.479 e. The van der Waals surface area contributed by atoms with E-state index in [0.717, 1.165) is 17.0 Å². The van der Waals surface area contributed by atoms with E-state index in [-0.39, 0.29) is 5.91 Å². The number of hydrogen-bond donors (Lipinski definition) is 2. The molecule has 1 aliphatic heterocycles. The summed E-state index contributed by atoms with van der Waals surface area (Å²) in [5.74, 6) is -1.28. The van der Waals surface area contributed by atoms with E-state index in [1.54, 1.807) is 4.68 Å². The molecule has 2 N–H and O–H groups in total. The quantitative estimate of drug-likeness (QED) is 0.827. The Morgan fingerprint density at radius 1 is 1.40 bits per heavy atom. The summed E-state index contributed by atoms with van der Waals surface area (Å²) in [5.41, 5.74) is 2.85. The van der Waals surface area contributed by atoms with E-state index in [1.165, 1.54) is 0 Å². The van der Waals surface area contributed by atoms with Gasteiger partial charge in [0.05, 0.1) is 5.69 Å². The molecule has 2 rings (SSSR count). The van der Waals surface area contributed by atoms with Crippen LogP contribution in [0.25, 0.3) is 0 Å². The zero-order chi connectivity index (χ0) is 14.9. The van der Waals surface area contributed by atoms with Crippen LogP contribution in [0.5, 0.6) is 0 Å². The first-order valence-electron chi connectivity index (χ1n) is 6.55. The third kappa shape index (κ3) is 2.82. The monoisotopic (exact) mass is 281 g/mol. The second-order valence-electron chi connectivity index (χ2n) is 5.02. The molecule has 0 bridgehead atoms. The molecule has 0 saturated carbocycles. The Morgan fingerprint density at radius 2 is 2.05 bits per heavy atom. The standard InChI is InChI=1S/C13H19N3O4/c1-7-9(8(2)16(3)15-7)6-14-12(17)10-4-5-11(20-10)13(18)19/h10-11H,4-6H2,1-3H3,(H,14,17)(H,18,19). The Balaban J connectivity index is 1.91. The maximum Gasteiger partial charge on any atom is 0.332 e. The van der Waals surface area contributed by atoms with E-state index in [1.807, 2.05) is 20.9 Å². The van der Waals surface area contributed by atoms with Gasteiger partial charge in [0.25, 0.3) is 0 Å². The molecule has 20 heavy (non-hydrogen) atoms. The first kappa shape index (κ1) is 14.5. The molecule has 1 fully saturated rings. The van der Waals surface area contributed by atoms with Crippen LogP contribution < -0.4 is 5.32 Å². The number of carbonyl (C=O) groups is 2. The van der Waals surface area contributed by atoms with Crippen molar-refractivity contribution in [3.63, 3.8) is 0 Å². The van der Waals surface area contributed by atoms with Gasteiger partial charge in [-0.15, -0.1) is 0 Å². The molecule has 1 aliphatic rings. The van der Waals surface area contributed by atoms with Crippen molar-refractivity contribution in [1.82, 2.24) is 15.1 Å². The predicted molar refractivity (Wildman–Crippen MR) is 70.1 cm³/mol. The van der Waals surface area contributed by atoms with Gasteiger partial charge in [0.15, 0.2) is 6.10 Å². The fraction of sp³-hybridized carbons (Fsp3) is 0.615. The van der Waals surface area contributed by atoms with Crippen LogP contribution in [0.2, 0.25) is 0 Å². The smallest absolute Gasteiger partial charge is 0.332 e. The normalized spacial score (nSPS) is 21.9. The molecule has 110 valence electrons. The lowest BCUT2D eigenvalue weighted by molar-refractivity contribution is -0.151. The molecule has 1 amide bonds. The van der Waals surface area contributed by atoms with Gasteiger partial charge in [0.2, 0.25) is 5.91 Å². The third-order valence-electron chi connectivity index (χ3n) is 3.69. The molecule has 0 radical (unpaired) electrons. The van der Waals surface area contributed by atoms with Crippen LogP contribution >= 0.6 is 0 Å². The van der Waals surface area contributed by atoms with E-state index in [2.05, 4.69) is 10.4 Å². The first-order chi connectivity index (χ1) is 9.40. The summed E-state index contributed by atoms with van der Waals surface area (Å²) in [6.07, 6.45) is -0.729. The van der Waals surface area contributed by atoms with Gasteiger partial charge >= 0.3 is 5.97 Å². The SMILES string of the molecule is Cc1nn(C)c(C)c1CNC(=O)C1CCC(C(=O)O)O1. The van der Waals surface area contributed by atoms with Gasteiger partial charge in [-0.1, -0.05) is 0 Å². The summed E-state index contributed by atoms with van der Waals surface area (Å²) < 4.78 is 6.97. The van der Waals surface area contributed by atoms with Crippen LogP contribution in [0.3, 0.4) is 0 Å². The minimum absolute atomic E-state index is 0.267. The van der Waals surface area contributed by atoms with Crippen molar-refractivity contribution in [3.05, 3.63) is 17.0 Å². The molecule has 2 heterocycles. The van der Waals surface area contributed by atoms with Gasteiger partial charge in [0.1, 0.15) is 6.10 Å². The third-order valence-corrected chi connectivity index (χ3v) is 3.69. The van der Waals surface area contributed by atoms with Crippen LogP contribution in [0.4, 0.5) is 0 Å². The highest BCUT2D eigenvalue weighted by molar-refractivity contribution is 5.82. The number of aromatic nitrogens is 2. The zero-order valence-corrected chi connectivity index (χ0v) is 11.8. The number of rotatable bonds is 4. The number of aliphatic carboxylic acids is 1. The Bertz CT molecular complexity index is 538. The summed E-state index contributed by atoms with van der Waals surface area (Å²) in [5, 5.41) is 15.9. The zero-order valence-electron chi connectivity index (χ0n) is 11.8. The summed E-state index contributed by atoms with van der Waals surface area (Å²) in [4.78, 5) is 22.7. The molecular weight excluding hydrogens is 262 g/mol. The fourth-order valence-corrected chi connectivity index (χ4v) is 2.37. The van der Waals surface area contributed by atoms with Crippen LogP contribution in [0.1, 0.15) is 29.8 Å². The lowest BCUT2D eigenvalue weighted by atomic mass is 10.1. The van der Waals surface area contributed by atoms with Gasteiger partial charge in [-0.05, 0) is 26.7 Å². The van der Waals surface area contributed by atoms with E-state index in [0.29, 0.717) is 19.4 Å². The lowest BCUT2D eigenvalue weighted by Crippen LogP contribution is -2.35. The topological polar surface area (TPSA) is 93.5 Å². The van der Waals surface area contributed by atoms with E-state index >= 15 is 0 Å². The van der Waals surface area contributed by atoms with Gasteiger partial charge in [0, 0.05) is 24.8 Å². The number of nitrogens with zero attached hydrogens (tertiary/aromatic N) is 2. The minimum atomic E-state index is -1.01. The number of carbonyl (C=O) groups excluding carboxylic acids is 1. The maximum atomic E-state index is 12.0. The Kier molecular flexibility index (Phi) is 4.08. The Morgan fingerprint density at radius 3 is 2.55 bits per heavy atom. The highest BCUT2D eigenvalue weighted by Crippen LogP contribution is 2.20. The molecule has 1 aromatic rings. The van der Waals surface area contributed by atoms with Crippen molar-refractivity contribution in [2.75, 3.05) is 0 Å². The van der Waals surface area contributed by atoms with Crippen LogP contribution in [-0.4, -0.2) is 39.0 Å². The average molecular weight is 281 g/mol. The fourth-order valence-electron chi connectivity index (χ4n) is 2.37. The number of carboxylic acids is 1. The van der Waals surface area contributed by atoms with Crippen molar-refractivity contribution >= 4 is 11.9 Å². The van der Waals surface area contributed by atoms with E-state index < -0.39 is 18.2 Å². The van der Waals surface area contributed by atoms with Crippen LogP contribution in [0, 0.1) is 13.8 Å². The first-order valence-corrected chi connectivity index (χ1v) is 6.55.